The minimum Gasteiger partial charge on any atom is -0.310 e. The Kier molecular flexibility index (Phi) is 13.4. The van der Waals surface area contributed by atoms with Crippen LogP contribution in [0.4, 0.5) is 34.1 Å². The summed E-state index contributed by atoms with van der Waals surface area (Å²) >= 11 is 0. The van der Waals surface area contributed by atoms with Crippen LogP contribution >= 0.6 is 0 Å². The summed E-state index contributed by atoms with van der Waals surface area (Å²) in [5.41, 5.74) is 28.2. The Labute approximate surface area is 559 Å². The number of fused-ring (bicyclic) bond motifs is 6. The Morgan fingerprint density at radius 3 is 0.968 bits per heavy atom. The van der Waals surface area contributed by atoms with Gasteiger partial charge in [0.2, 0.25) is 0 Å². The van der Waals surface area contributed by atoms with Crippen LogP contribution in [0.3, 0.4) is 0 Å². The Morgan fingerprint density at radius 1 is 0.242 bits per heavy atom. The molecule has 15 aromatic carbocycles. The number of rotatable bonds is 8. The van der Waals surface area contributed by atoms with Crippen molar-refractivity contribution in [1.29, 1.82) is 0 Å². The molecule has 0 saturated carbocycles. The van der Waals surface area contributed by atoms with Gasteiger partial charge in [-0.25, -0.2) is 0 Å². The standard InChI is InChI=1S/C92H75BN2/c1-90(2,3)68-52-74(59-30-17-11-18-31-59)88(75(53-68)60-32-19-12-20-33-60)94-81-46-44-64(58-28-15-10-16-29-58)50-79(81)93-80-51-65(67-48-66-40-27-42-72-71-41-25-38-63-39-26-43-73(85(63)71)78(49-67)86(66)72)45-47-82(80)95(84-57-70(92(7,8)9)56-83(94)87(84)93)89-76(61-34-21-13-22-35-61)54-69(91(4,5)6)55-77(89)62-36-23-14-24-37-62/h10-57H,1-9H3. The number of hydrogen-bond donors (Lipinski definition) is 0. The fourth-order valence-electron chi connectivity index (χ4n) is 15.7. The van der Waals surface area contributed by atoms with Crippen molar-refractivity contribution >= 4 is 100 Å². The predicted molar refractivity (Wildman–Crippen MR) is 410 cm³/mol. The summed E-state index contributed by atoms with van der Waals surface area (Å²) in [6.45, 7) is 21.1. The average molecular weight is 1220 g/mol. The summed E-state index contributed by atoms with van der Waals surface area (Å²) in [6.07, 6.45) is 0. The van der Waals surface area contributed by atoms with Crippen LogP contribution in [0.25, 0.3) is 110 Å². The van der Waals surface area contributed by atoms with E-state index in [-0.39, 0.29) is 23.0 Å². The van der Waals surface area contributed by atoms with Gasteiger partial charge in [-0.1, -0.05) is 293 Å². The maximum atomic E-state index is 2.72. The molecule has 456 valence electrons. The second-order valence-corrected chi connectivity index (χ2v) is 29.6. The van der Waals surface area contributed by atoms with Gasteiger partial charge in [-0.15, -0.1) is 0 Å². The summed E-state index contributed by atoms with van der Waals surface area (Å²) in [5.74, 6) is 0. The van der Waals surface area contributed by atoms with Gasteiger partial charge in [-0.2, -0.15) is 0 Å². The van der Waals surface area contributed by atoms with E-state index >= 15 is 0 Å². The molecule has 0 aliphatic carbocycles. The van der Waals surface area contributed by atoms with Crippen molar-refractivity contribution in [3.8, 4) is 66.8 Å². The summed E-state index contributed by atoms with van der Waals surface area (Å²) in [7, 11) is 0. The van der Waals surface area contributed by atoms with Gasteiger partial charge in [0.05, 0.1) is 11.4 Å². The highest BCUT2D eigenvalue weighted by Gasteiger charge is 2.46. The summed E-state index contributed by atoms with van der Waals surface area (Å²) in [5, 5.41) is 10.3. The van der Waals surface area contributed by atoms with Gasteiger partial charge in [0.25, 0.3) is 6.71 Å². The SMILES string of the molecule is CC(C)(C)c1cc(-c2ccccc2)c(N2c3ccc(-c4ccccc4)cc3B3c4cc(-c5cc6cccc7c8cccc9cccc(c(c5)c67)c98)ccc4N(c4c(-c5ccccc5)cc(C(C)(C)C)cc4-c4ccccc4)c4cc(C(C)(C)C)cc2c43)c(-c2ccccc2)c1. The molecule has 0 spiro atoms. The van der Waals surface area contributed by atoms with Crippen molar-refractivity contribution in [2.24, 2.45) is 0 Å². The molecular formula is C92H75BN2. The normalized spacial score (nSPS) is 13.0. The van der Waals surface area contributed by atoms with Crippen LogP contribution in [0.1, 0.15) is 79.0 Å². The first-order chi connectivity index (χ1) is 46.0. The zero-order valence-corrected chi connectivity index (χ0v) is 55.7. The largest absolute Gasteiger partial charge is 0.310 e. The van der Waals surface area contributed by atoms with Gasteiger partial charge < -0.3 is 9.80 Å². The monoisotopic (exact) mass is 1220 g/mol. The molecule has 0 N–H and O–H groups in total. The molecule has 3 heteroatoms. The first-order valence-electron chi connectivity index (χ1n) is 33.8. The van der Waals surface area contributed by atoms with E-state index in [0.717, 1.165) is 11.4 Å². The van der Waals surface area contributed by atoms with Gasteiger partial charge in [0.1, 0.15) is 0 Å². The maximum Gasteiger partial charge on any atom is 0.252 e. The molecule has 0 saturated heterocycles. The van der Waals surface area contributed by atoms with Crippen molar-refractivity contribution in [2.45, 2.75) is 78.6 Å². The molecule has 0 unspecified atom stereocenters. The van der Waals surface area contributed by atoms with Crippen LogP contribution < -0.4 is 26.2 Å². The van der Waals surface area contributed by atoms with E-state index in [1.807, 2.05) is 0 Å². The highest BCUT2D eigenvalue weighted by molar-refractivity contribution is 7.00. The molecule has 0 bridgehead atoms. The molecule has 0 amide bonds. The van der Waals surface area contributed by atoms with Gasteiger partial charge >= 0.3 is 0 Å². The molecule has 15 aromatic rings. The van der Waals surface area contributed by atoms with E-state index in [2.05, 4.69) is 363 Å². The number of anilines is 6. The third kappa shape index (κ3) is 9.61. The molecular weight excluding hydrogens is 1140 g/mol. The molecule has 2 nitrogen and oxygen atoms in total. The van der Waals surface area contributed by atoms with E-state index in [0.29, 0.717) is 0 Å². The summed E-state index contributed by atoms with van der Waals surface area (Å²) < 4.78 is 0. The van der Waals surface area contributed by atoms with Gasteiger partial charge in [-0.3, -0.25) is 0 Å². The topological polar surface area (TPSA) is 6.48 Å². The van der Waals surface area contributed by atoms with E-state index < -0.39 is 0 Å². The second kappa shape index (κ2) is 21.9. The summed E-state index contributed by atoms with van der Waals surface area (Å²) in [4.78, 5) is 5.43. The molecule has 0 radical (unpaired) electrons. The van der Waals surface area contributed by atoms with Gasteiger partial charge in [0.15, 0.2) is 0 Å². The van der Waals surface area contributed by atoms with Gasteiger partial charge in [-0.05, 0) is 198 Å². The van der Waals surface area contributed by atoms with Crippen LogP contribution in [0.5, 0.6) is 0 Å². The van der Waals surface area contributed by atoms with E-state index in [4.69, 9.17) is 0 Å². The second-order valence-electron chi connectivity index (χ2n) is 29.6. The minimum atomic E-state index is -0.276. The Morgan fingerprint density at radius 2 is 0.579 bits per heavy atom. The Balaban J connectivity index is 1.05. The van der Waals surface area contributed by atoms with Crippen LogP contribution in [-0.4, -0.2) is 6.71 Å². The third-order valence-corrected chi connectivity index (χ3v) is 20.6. The van der Waals surface area contributed by atoms with Gasteiger partial charge in [0, 0.05) is 45.0 Å². The lowest BCUT2D eigenvalue weighted by Gasteiger charge is -2.47. The highest BCUT2D eigenvalue weighted by Crippen LogP contribution is 2.56. The molecule has 0 fully saturated rings. The number of hydrogen-bond acceptors (Lipinski definition) is 2. The third-order valence-electron chi connectivity index (χ3n) is 20.6. The quantitative estimate of drug-likeness (QED) is 0.0850. The average Bonchev–Trinajstić information content (AvgIpc) is 0.689. The van der Waals surface area contributed by atoms with Crippen LogP contribution in [0, 0.1) is 0 Å². The number of benzene rings is 15. The van der Waals surface area contributed by atoms with Crippen molar-refractivity contribution in [2.75, 3.05) is 9.80 Å². The smallest absolute Gasteiger partial charge is 0.252 e. The fourth-order valence-corrected chi connectivity index (χ4v) is 15.7. The van der Waals surface area contributed by atoms with E-state index in [9.17, 15) is 0 Å². The Hall–Kier alpha value is -10.7. The highest BCUT2D eigenvalue weighted by atomic mass is 15.2. The molecule has 2 aliphatic rings. The van der Waals surface area contributed by atoms with Crippen molar-refractivity contribution in [3.63, 3.8) is 0 Å². The minimum absolute atomic E-state index is 0.160. The van der Waals surface area contributed by atoms with E-state index in [1.165, 1.54) is 166 Å². The lowest BCUT2D eigenvalue weighted by Crippen LogP contribution is -2.61. The predicted octanol–water partition coefficient (Wildman–Crippen LogP) is 23.7. The zero-order chi connectivity index (χ0) is 64.6. The van der Waals surface area contributed by atoms with Crippen LogP contribution in [0.2, 0.25) is 0 Å². The summed E-state index contributed by atoms with van der Waals surface area (Å²) in [6, 6.07) is 111. The molecule has 0 atom stereocenters. The zero-order valence-electron chi connectivity index (χ0n) is 55.7. The fraction of sp³-hybridized carbons (Fsp3) is 0.130. The molecule has 2 heterocycles. The van der Waals surface area contributed by atoms with Crippen LogP contribution in [-0.2, 0) is 16.2 Å². The molecule has 2 aliphatic heterocycles. The van der Waals surface area contributed by atoms with E-state index in [1.54, 1.807) is 0 Å². The molecule has 0 aromatic heterocycles. The first-order valence-corrected chi connectivity index (χ1v) is 33.8. The van der Waals surface area contributed by atoms with Crippen molar-refractivity contribution in [3.05, 3.63) is 308 Å². The number of nitrogens with zero attached hydrogens (tertiary/aromatic N) is 2. The van der Waals surface area contributed by atoms with Crippen LogP contribution in [0.15, 0.2) is 291 Å². The Bertz CT molecular complexity index is 5370. The van der Waals surface area contributed by atoms with Crippen molar-refractivity contribution in [1.82, 2.24) is 0 Å². The molecule has 95 heavy (non-hydrogen) atoms. The lowest BCUT2D eigenvalue weighted by atomic mass is 9.33. The maximum absolute atomic E-state index is 2.72. The lowest BCUT2D eigenvalue weighted by molar-refractivity contribution is 0.590. The first kappa shape index (κ1) is 58.1. The van der Waals surface area contributed by atoms with Crippen molar-refractivity contribution < 1.29 is 0 Å². The molecule has 17 rings (SSSR count).